The minimum absolute atomic E-state index is 0.0295. The van der Waals surface area contributed by atoms with Gasteiger partial charge in [-0.25, -0.2) is 4.98 Å². The minimum atomic E-state index is -0.407. The van der Waals surface area contributed by atoms with Gasteiger partial charge in [0.2, 0.25) is 5.91 Å². The Bertz CT molecular complexity index is 1060. The third-order valence-electron chi connectivity index (χ3n) is 3.78. The lowest BCUT2D eigenvalue weighted by molar-refractivity contribution is -0.111. The molecule has 0 atom stereocenters. The van der Waals surface area contributed by atoms with Gasteiger partial charge in [-0.15, -0.1) is 0 Å². The average molecular weight is 395 g/mol. The van der Waals surface area contributed by atoms with Gasteiger partial charge in [0, 0.05) is 17.1 Å². The minimum Gasteiger partial charge on any atom is -0.350 e. The van der Waals surface area contributed by atoms with Gasteiger partial charge in [-0.1, -0.05) is 23.7 Å². The van der Waals surface area contributed by atoms with Crippen LogP contribution in [0.2, 0.25) is 5.02 Å². The monoisotopic (exact) mass is 394 g/mol. The fraction of sp³-hybridized carbons (Fsp3) is 0.143. The number of rotatable bonds is 5. The van der Waals surface area contributed by atoms with Crippen molar-refractivity contribution in [2.45, 2.75) is 19.9 Å². The number of para-hydroxylation sites is 2. The molecule has 0 saturated carbocycles. The van der Waals surface area contributed by atoms with E-state index in [0.29, 0.717) is 22.0 Å². The third kappa shape index (κ3) is 4.92. The van der Waals surface area contributed by atoms with Crippen LogP contribution in [0.1, 0.15) is 29.9 Å². The van der Waals surface area contributed by atoms with Gasteiger partial charge in [-0.2, -0.15) is 0 Å². The van der Waals surface area contributed by atoms with E-state index in [1.165, 1.54) is 6.08 Å². The van der Waals surface area contributed by atoms with Crippen molar-refractivity contribution >= 4 is 46.2 Å². The summed E-state index contributed by atoms with van der Waals surface area (Å²) >= 11 is 6.02. The van der Waals surface area contributed by atoms with Gasteiger partial charge >= 0.3 is 0 Å². The Morgan fingerprint density at radius 2 is 1.86 bits per heavy atom. The molecule has 0 aliphatic carbocycles. The van der Waals surface area contributed by atoms with Gasteiger partial charge in [0.15, 0.2) is 0 Å². The van der Waals surface area contributed by atoms with E-state index in [0.717, 1.165) is 11.0 Å². The van der Waals surface area contributed by atoms with Crippen molar-refractivity contribution in [3.63, 3.8) is 0 Å². The molecule has 0 radical (unpaired) electrons. The number of amides is 2. The summed E-state index contributed by atoms with van der Waals surface area (Å²) in [6.07, 6.45) is 4.49. The predicted octanol–water partition coefficient (Wildman–Crippen LogP) is 4.07. The number of anilines is 1. The summed E-state index contributed by atoms with van der Waals surface area (Å²) in [5.74, 6) is -0.692. The zero-order valence-corrected chi connectivity index (χ0v) is 16.2. The van der Waals surface area contributed by atoms with Crippen molar-refractivity contribution in [2.24, 2.45) is 0 Å². The Balaban J connectivity index is 1.77. The predicted molar refractivity (Wildman–Crippen MR) is 111 cm³/mol. The van der Waals surface area contributed by atoms with Gasteiger partial charge in [0.25, 0.3) is 5.91 Å². The summed E-state index contributed by atoms with van der Waals surface area (Å²) in [6.45, 7) is 3.72. The van der Waals surface area contributed by atoms with Crippen molar-refractivity contribution in [3.05, 3.63) is 71.0 Å². The van der Waals surface area contributed by atoms with E-state index >= 15 is 0 Å². The van der Waals surface area contributed by atoms with E-state index in [2.05, 4.69) is 20.6 Å². The second kappa shape index (κ2) is 8.63. The maximum Gasteiger partial charge on any atom is 0.253 e. The van der Waals surface area contributed by atoms with Gasteiger partial charge < -0.3 is 10.6 Å². The van der Waals surface area contributed by atoms with Gasteiger partial charge in [-0.05, 0) is 50.3 Å². The molecular weight excluding hydrogens is 376 g/mol. The van der Waals surface area contributed by atoms with Crippen LogP contribution in [0.3, 0.4) is 0 Å². The zero-order valence-electron chi connectivity index (χ0n) is 15.4. The molecule has 2 N–H and O–H groups in total. The first-order valence-corrected chi connectivity index (χ1v) is 9.11. The number of carbonyl (C=O) groups excluding carboxylic acids is 2. The Hall–Kier alpha value is -3.25. The highest BCUT2D eigenvalue weighted by molar-refractivity contribution is 6.31. The second-order valence-corrected chi connectivity index (χ2v) is 6.86. The third-order valence-corrected chi connectivity index (χ3v) is 4.01. The van der Waals surface area contributed by atoms with Gasteiger partial charge in [-0.3, -0.25) is 14.6 Å². The maximum absolute atomic E-state index is 12.3. The molecule has 2 aromatic carbocycles. The smallest absolute Gasteiger partial charge is 0.253 e. The summed E-state index contributed by atoms with van der Waals surface area (Å²) in [5.41, 5.74) is 2.75. The molecule has 3 aromatic rings. The molecule has 2 amide bonds. The maximum atomic E-state index is 12.3. The Kier molecular flexibility index (Phi) is 6.01. The number of halogens is 1. The van der Waals surface area contributed by atoms with Crippen LogP contribution < -0.4 is 10.6 Å². The lowest BCUT2D eigenvalue weighted by Crippen LogP contribution is -2.31. The van der Waals surface area contributed by atoms with E-state index in [4.69, 9.17) is 11.6 Å². The van der Waals surface area contributed by atoms with Crippen molar-refractivity contribution in [3.8, 4) is 0 Å². The van der Waals surface area contributed by atoms with Crippen LogP contribution in [0.4, 0.5) is 5.69 Å². The topological polar surface area (TPSA) is 84.0 Å². The quantitative estimate of drug-likeness (QED) is 0.639. The molecule has 142 valence electrons. The molecule has 3 rings (SSSR count). The van der Waals surface area contributed by atoms with Crippen molar-refractivity contribution < 1.29 is 9.59 Å². The van der Waals surface area contributed by atoms with E-state index in [1.54, 1.807) is 30.5 Å². The molecule has 28 heavy (non-hydrogen) atoms. The summed E-state index contributed by atoms with van der Waals surface area (Å²) in [6, 6.07) is 12.2. The number of nitrogens with zero attached hydrogens (tertiary/aromatic N) is 2. The van der Waals surface area contributed by atoms with E-state index in [1.807, 2.05) is 38.1 Å². The van der Waals surface area contributed by atoms with Gasteiger partial charge in [0.05, 0.1) is 34.2 Å². The highest BCUT2D eigenvalue weighted by Gasteiger charge is 2.14. The first kappa shape index (κ1) is 19.5. The molecule has 0 bridgehead atoms. The first-order chi connectivity index (χ1) is 13.4. The number of benzene rings is 2. The summed E-state index contributed by atoms with van der Waals surface area (Å²) in [4.78, 5) is 33.4. The van der Waals surface area contributed by atoms with Crippen LogP contribution in [0.25, 0.3) is 17.1 Å². The standard InChI is InChI=1S/C21H19ClN4O2/c1-13(2)24-21(28)16-9-7-14(22)11-19(16)26-20(27)10-8-15-12-23-17-5-3-4-6-18(17)25-15/h3-13H,1-2H3,(H,24,28)(H,26,27). The van der Waals surface area contributed by atoms with E-state index in [9.17, 15) is 9.59 Å². The molecule has 0 aliphatic heterocycles. The molecule has 1 aromatic heterocycles. The van der Waals surface area contributed by atoms with Crippen LogP contribution >= 0.6 is 11.6 Å². The number of carbonyl (C=O) groups is 2. The van der Waals surface area contributed by atoms with Crippen LogP contribution in [-0.4, -0.2) is 27.8 Å². The highest BCUT2D eigenvalue weighted by Crippen LogP contribution is 2.21. The van der Waals surface area contributed by atoms with Crippen molar-refractivity contribution in [2.75, 3.05) is 5.32 Å². The molecule has 6 nitrogen and oxygen atoms in total. The fourth-order valence-electron chi connectivity index (χ4n) is 2.55. The average Bonchev–Trinajstić information content (AvgIpc) is 2.65. The number of hydrogen-bond donors (Lipinski definition) is 2. The Morgan fingerprint density at radius 3 is 2.61 bits per heavy atom. The molecule has 1 heterocycles. The highest BCUT2D eigenvalue weighted by atomic mass is 35.5. The zero-order chi connectivity index (χ0) is 20.1. The van der Waals surface area contributed by atoms with Crippen molar-refractivity contribution in [1.82, 2.24) is 15.3 Å². The molecule has 0 aliphatic rings. The SMILES string of the molecule is CC(C)NC(=O)c1ccc(Cl)cc1NC(=O)C=Cc1cnc2ccccc2n1. The lowest BCUT2D eigenvalue weighted by Gasteiger charge is -2.13. The second-order valence-electron chi connectivity index (χ2n) is 6.42. The largest absolute Gasteiger partial charge is 0.350 e. The Morgan fingerprint density at radius 1 is 1.11 bits per heavy atom. The normalized spacial score (nSPS) is 11.1. The molecule has 7 heteroatoms. The van der Waals surface area contributed by atoms with Crippen LogP contribution in [0.15, 0.2) is 54.7 Å². The number of hydrogen-bond acceptors (Lipinski definition) is 4. The molecule has 0 fully saturated rings. The van der Waals surface area contributed by atoms with Crippen LogP contribution in [0, 0.1) is 0 Å². The van der Waals surface area contributed by atoms with E-state index in [-0.39, 0.29) is 11.9 Å². The fourth-order valence-corrected chi connectivity index (χ4v) is 2.72. The van der Waals surface area contributed by atoms with Crippen LogP contribution in [-0.2, 0) is 4.79 Å². The summed E-state index contributed by atoms with van der Waals surface area (Å²) < 4.78 is 0. The number of nitrogens with one attached hydrogen (secondary N) is 2. The molecular formula is C21H19ClN4O2. The van der Waals surface area contributed by atoms with E-state index < -0.39 is 5.91 Å². The number of fused-ring (bicyclic) bond motifs is 1. The summed E-state index contributed by atoms with van der Waals surface area (Å²) in [7, 11) is 0. The molecule has 0 unspecified atom stereocenters. The first-order valence-electron chi connectivity index (χ1n) is 8.73. The number of aromatic nitrogens is 2. The Labute approximate surface area is 167 Å². The molecule has 0 spiro atoms. The molecule has 0 saturated heterocycles. The van der Waals surface area contributed by atoms with Crippen molar-refractivity contribution in [1.29, 1.82) is 0 Å². The summed E-state index contributed by atoms with van der Waals surface area (Å²) in [5, 5.41) is 5.91. The van der Waals surface area contributed by atoms with Crippen LogP contribution in [0.5, 0.6) is 0 Å². The van der Waals surface area contributed by atoms with Gasteiger partial charge in [0.1, 0.15) is 0 Å². The lowest BCUT2D eigenvalue weighted by atomic mass is 10.1.